The van der Waals surface area contributed by atoms with Crippen molar-refractivity contribution in [3.8, 4) is 5.69 Å². The van der Waals surface area contributed by atoms with Crippen molar-refractivity contribution in [3.05, 3.63) is 42.2 Å². The molecule has 8 nitrogen and oxygen atoms in total. The van der Waals surface area contributed by atoms with E-state index in [9.17, 15) is 14.4 Å². The van der Waals surface area contributed by atoms with E-state index in [0.29, 0.717) is 5.16 Å². The van der Waals surface area contributed by atoms with E-state index in [2.05, 4.69) is 4.98 Å². The second-order valence-electron chi connectivity index (χ2n) is 4.70. The molecule has 0 bridgehead atoms. The van der Waals surface area contributed by atoms with Crippen molar-refractivity contribution in [2.75, 3.05) is 6.26 Å². The van der Waals surface area contributed by atoms with E-state index in [4.69, 9.17) is 10.5 Å². The number of carbonyl (C=O) groups is 3. The Morgan fingerprint density at radius 3 is 2.54 bits per heavy atom. The largest absolute Gasteiger partial charge is 0.448 e. The molecule has 1 unspecified atom stereocenters. The Morgan fingerprint density at radius 1 is 1.29 bits per heavy atom. The number of thioether (sulfide) groups is 1. The second-order valence-corrected chi connectivity index (χ2v) is 5.48. The molecular formula is C15H16N4O4S. The minimum Gasteiger partial charge on any atom is -0.448 e. The maximum absolute atomic E-state index is 12.4. The minimum absolute atomic E-state index is 0.171. The molecular weight excluding hydrogens is 332 g/mol. The summed E-state index contributed by atoms with van der Waals surface area (Å²) in [6.07, 6.45) is 2.03. The number of carbonyl (C=O) groups excluding carboxylic acids is 3. The van der Waals surface area contributed by atoms with Gasteiger partial charge in [-0.2, -0.15) is 0 Å². The van der Waals surface area contributed by atoms with E-state index in [1.807, 2.05) is 41.9 Å². The van der Waals surface area contributed by atoms with E-state index >= 15 is 0 Å². The normalized spacial score (nSPS) is 11.6. The fourth-order valence-corrected chi connectivity index (χ4v) is 2.49. The predicted octanol–water partition coefficient (Wildman–Crippen LogP) is 1.33. The minimum atomic E-state index is -1.18. The fraction of sp³-hybridized carbons (Fsp3) is 0.200. The molecule has 0 aliphatic heterocycles. The van der Waals surface area contributed by atoms with Crippen molar-refractivity contribution in [1.82, 2.24) is 14.9 Å². The highest BCUT2D eigenvalue weighted by Gasteiger charge is 2.24. The number of hydrogen-bond acceptors (Lipinski definition) is 6. The van der Waals surface area contributed by atoms with Crippen molar-refractivity contribution < 1.29 is 19.1 Å². The van der Waals surface area contributed by atoms with Crippen molar-refractivity contribution in [2.24, 2.45) is 5.73 Å². The first-order chi connectivity index (χ1) is 11.4. The molecule has 3 amide bonds. The lowest BCUT2D eigenvalue weighted by Gasteiger charge is -2.14. The van der Waals surface area contributed by atoms with Gasteiger partial charge in [-0.25, -0.2) is 14.6 Å². The Kier molecular flexibility index (Phi) is 5.59. The third kappa shape index (κ3) is 3.93. The van der Waals surface area contributed by atoms with Gasteiger partial charge >= 0.3 is 12.0 Å². The molecule has 0 aliphatic carbocycles. The van der Waals surface area contributed by atoms with Gasteiger partial charge in [0.05, 0.1) is 6.20 Å². The molecule has 1 heterocycles. The molecule has 24 heavy (non-hydrogen) atoms. The van der Waals surface area contributed by atoms with Gasteiger partial charge < -0.3 is 10.5 Å². The van der Waals surface area contributed by atoms with Crippen LogP contribution in [0.2, 0.25) is 0 Å². The first kappa shape index (κ1) is 17.5. The van der Waals surface area contributed by atoms with Crippen molar-refractivity contribution in [2.45, 2.75) is 18.2 Å². The number of nitrogens with two attached hydrogens (primary N) is 1. The zero-order valence-corrected chi connectivity index (χ0v) is 13.9. The molecule has 0 radical (unpaired) electrons. The quantitative estimate of drug-likeness (QED) is 0.622. The molecule has 0 fully saturated rings. The van der Waals surface area contributed by atoms with Gasteiger partial charge in [-0.05, 0) is 25.3 Å². The number of urea groups is 1. The number of ether oxygens (including phenoxy) is 1. The van der Waals surface area contributed by atoms with Gasteiger partial charge in [0.1, 0.15) is 0 Å². The Balaban J connectivity index is 2.26. The molecule has 0 saturated carbocycles. The fourth-order valence-electron chi connectivity index (χ4n) is 1.95. The molecule has 1 aromatic heterocycles. The predicted molar refractivity (Wildman–Crippen MR) is 87.9 cm³/mol. The van der Waals surface area contributed by atoms with Crippen LogP contribution in [0.1, 0.15) is 17.4 Å². The van der Waals surface area contributed by atoms with E-state index in [1.54, 1.807) is 4.57 Å². The van der Waals surface area contributed by atoms with Crippen LogP contribution in [0, 0.1) is 0 Å². The number of nitrogens with zero attached hydrogens (tertiary/aromatic N) is 2. The number of para-hydroxylation sites is 1. The summed E-state index contributed by atoms with van der Waals surface area (Å²) < 4.78 is 6.72. The van der Waals surface area contributed by atoms with Gasteiger partial charge in [-0.15, -0.1) is 0 Å². The molecule has 9 heteroatoms. The maximum Gasteiger partial charge on any atom is 0.357 e. The number of primary amides is 1. The molecule has 0 aliphatic rings. The summed E-state index contributed by atoms with van der Waals surface area (Å²) in [6, 6.07) is 8.15. The zero-order valence-electron chi connectivity index (χ0n) is 13.1. The van der Waals surface area contributed by atoms with Crippen LogP contribution in [0.4, 0.5) is 4.79 Å². The topological polar surface area (TPSA) is 116 Å². The Bertz CT molecular complexity index is 760. The van der Waals surface area contributed by atoms with Crippen LogP contribution in [0.5, 0.6) is 0 Å². The van der Waals surface area contributed by atoms with E-state index in [1.165, 1.54) is 24.9 Å². The molecule has 2 aromatic rings. The Morgan fingerprint density at radius 2 is 1.96 bits per heavy atom. The summed E-state index contributed by atoms with van der Waals surface area (Å²) in [5, 5.41) is 2.46. The van der Waals surface area contributed by atoms with Gasteiger partial charge in [0, 0.05) is 5.69 Å². The summed E-state index contributed by atoms with van der Waals surface area (Å²) >= 11 is 1.37. The molecule has 0 saturated heterocycles. The molecule has 126 valence electrons. The number of esters is 1. The molecule has 2 rings (SSSR count). The third-order valence-electron chi connectivity index (χ3n) is 3.04. The van der Waals surface area contributed by atoms with Crippen molar-refractivity contribution in [1.29, 1.82) is 0 Å². The summed E-state index contributed by atoms with van der Waals surface area (Å²) in [5.41, 5.74) is 5.77. The van der Waals surface area contributed by atoms with E-state index in [0.717, 1.165) is 5.69 Å². The maximum atomic E-state index is 12.4. The average molecular weight is 348 g/mol. The number of benzene rings is 1. The first-order valence-electron chi connectivity index (χ1n) is 6.92. The van der Waals surface area contributed by atoms with Crippen LogP contribution in [0.15, 0.2) is 41.7 Å². The highest BCUT2D eigenvalue weighted by Crippen LogP contribution is 2.22. The van der Waals surface area contributed by atoms with E-state index < -0.39 is 24.0 Å². The van der Waals surface area contributed by atoms with Crippen molar-refractivity contribution in [3.63, 3.8) is 0 Å². The van der Waals surface area contributed by atoms with Crippen molar-refractivity contribution >= 4 is 29.7 Å². The smallest absolute Gasteiger partial charge is 0.357 e. The van der Waals surface area contributed by atoms with Gasteiger partial charge in [0.2, 0.25) is 0 Å². The highest BCUT2D eigenvalue weighted by molar-refractivity contribution is 7.98. The number of amides is 3. The van der Waals surface area contributed by atoms with Gasteiger partial charge in [0.25, 0.3) is 5.91 Å². The second kappa shape index (κ2) is 7.64. The Hall–Kier alpha value is -2.81. The number of imide groups is 1. The SMILES string of the molecule is CSc1ncc(C(=O)OC(C)C(=O)NC(N)=O)n1-c1ccccc1. The average Bonchev–Trinajstić information content (AvgIpc) is 2.99. The lowest BCUT2D eigenvalue weighted by Crippen LogP contribution is -2.42. The number of nitrogens with one attached hydrogen (secondary N) is 1. The Labute approximate surface area is 142 Å². The summed E-state index contributed by atoms with van der Waals surface area (Å²) in [4.78, 5) is 38.9. The molecule has 3 N–H and O–H groups in total. The standard InChI is InChI=1S/C15H16N4O4S/c1-9(12(20)18-14(16)22)23-13(21)11-8-17-15(24-2)19(11)10-6-4-3-5-7-10/h3-9H,1-2H3,(H3,16,18,20,22). The summed E-state index contributed by atoms with van der Waals surface area (Å²) in [6.45, 7) is 1.34. The molecule has 0 spiro atoms. The van der Waals surface area contributed by atoms with Crippen LogP contribution in [0.25, 0.3) is 5.69 Å². The van der Waals surface area contributed by atoms with Crippen LogP contribution in [-0.2, 0) is 9.53 Å². The van der Waals surface area contributed by atoms with Gasteiger partial charge in [-0.1, -0.05) is 30.0 Å². The highest BCUT2D eigenvalue weighted by atomic mass is 32.2. The van der Waals surface area contributed by atoms with Crippen LogP contribution >= 0.6 is 11.8 Å². The number of rotatable bonds is 5. The van der Waals surface area contributed by atoms with Gasteiger partial charge in [0.15, 0.2) is 17.0 Å². The monoisotopic (exact) mass is 348 g/mol. The van der Waals surface area contributed by atoms with Crippen LogP contribution < -0.4 is 11.1 Å². The number of imidazole rings is 1. The molecule has 1 aromatic carbocycles. The van der Waals surface area contributed by atoms with E-state index in [-0.39, 0.29) is 5.69 Å². The zero-order chi connectivity index (χ0) is 17.7. The third-order valence-corrected chi connectivity index (χ3v) is 3.69. The lowest BCUT2D eigenvalue weighted by molar-refractivity contribution is -0.127. The van der Waals surface area contributed by atoms with Gasteiger partial charge in [-0.3, -0.25) is 14.7 Å². The summed E-state index contributed by atoms with van der Waals surface area (Å²) in [5.74, 6) is -1.54. The number of aromatic nitrogens is 2. The lowest BCUT2D eigenvalue weighted by atomic mass is 10.3. The molecule has 1 atom stereocenters. The number of hydrogen-bond donors (Lipinski definition) is 2. The van der Waals surface area contributed by atoms with Crippen LogP contribution in [-0.4, -0.2) is 39.8 Å². The van der Waals surface area contributed by atoms with Crippen LogP contribution in [0.3, 0.4) is 0 Å². The summed E-state index contributed by atoms with van der Waals surface area (Å²) in [7, 11) is 0. The first-order valence-corrected chi connectivity index (χ1v) is 8.15.